The average molecular weight is 639 g/mol. The number of carbonyl (C=O) groups excluding carboxylic acids is 1. The van der Waals surface area contributed by atoms with Gasteiger partial charge in [-0.05, 0) is 78.8 Å². The molecule has 1 aliphatic carbocycles. The maximum atomic E-state index is 14.8. The van der Waals surface area contributed by atoms with Gasteiger partial charge in [0.25, 0.3) is 11.1 Å². The van der Waals surface area contributed by atoms with Crippen molar-refractivity contribution in [3.8, 4) is 5.69 Å². The average Bonchev–Trinajstić information content (AvgIpc) is 3.67. The van der Waals surface area contributed by atoms with E-state index in [0.717, 1.165) is 0 Å². The molecule has 0 spiro atoms. The largest absolute Gasteiger partial charge is 1.00 e. The number of rotatable bonds is 5. The van der Waals surface area contributed by atoms with E-state index in [1.165, 1.54) is 39.8 Å². The van der Waals surface area contributed by atoms with E-state index < -0.39 is 22.6 Å². The standard InChI is InChI=1S/C26H23FIN5O4.Na.H/c1-13-22-21(23(31(3)24(13)35)30-20-10-7-15(28)11-19(20)27)25(36)33(17-8-9-17)26(37)32(22)18-6-4-5-16(12-18)29-14(2)34;;/h4-7,10-12,17,30H,8-9H2,1-3H3,(H,29,34);;/q;+1;-1. The van der Waals surface area contributed by atoms with Crippen molar-refractivity contribution in [1.82, 2.24) is 13.7 Å². The van der Waals surface area contributed by atoms with Crippen LogP contribution in [0.5, 0.6) is 0 Å². The number of nitrogens with one attached hydrogen (secondary N) is 2. The topological polar surface area (TPSA) is 107 Å². The van der Waals surface area contributed by atoms with Gasteiger partial charge in [0.15, 0.2) is 0 Å². The first-order chi connectivity index (χ1) is 17.6. The van der Waals surface area contributed by atoms with Crippen LogP contribution in [0.25, 0.3) is 16.6 Å². The number of nitrogens with zero attached hydrogens (tertiary/aromatic N) is 3. The normalized spacial score (nSPS) is 12.8. The van der Waals surface area contributed by atoms with E-state index in [1.54, 1.807) is 37.3 Å². The second kappa shape index (κ2) is 10.8. The van der Waals surface area contributed by atoms with Gasteiger partial charge in [-0.1, -0.05) is 6.07 Å². The molecule has 9 nitrogen and oxygen atoms in total. The van der Waals surface area contributed by atoms with Crippen LogP contribution in [0, 0.1) is 16.3 Å². The molecule has 12 heteroatoms. The van der Waals surface area contributed by atoms with Gasteiger partial charge < -0.3 is 12.1 Å². The molecule has 2 heterocycles. The van der Waals surface area contributed by atoms with Gasteiger partial charge in [0, 0.05) is 34.8 Å². The molecular weight excluding hydrogens is 615 g/mol. The van der Waals surface area contributed by atoms with Crippen molar-refractivity contribution in [2.24, 2.45) is 7.05 Å². The monoisotopic (exact) mass is 639 g/mol. The van der Waals surface area contributed by atoms with Crippen molar-refractivity contribution >= 4 is 56.6 Å². The minimum absolute atomic E-state index is 0. The molecule has 0 radical (unpaired) electrons. The van der Waals surface area contributed by atoms with Gasteiger partial charge in [-0.2, -0.15) is 0 Å². The number of halogens is 2. The SMILES string of the molecule is CC(=O)Nc1cccc(-n2c(=O)n(C3CC3)c(=O)c3c(Nc4ccc(I)cc4F)n(C)c(=O)c(C)c32)c1.[H-].[Na+]. The summed E-state index contributed by atoms with van der Waals surface area (Å²) in [5.74, 6) is -0.753. The molecule has 1 amide bonds. The van der Waals surface area contributed by atoms with Crippen molar-refractivity contribution in [1.29, 1.82) is 0 Å². The molecule has 1 saturated carbocycles. The Hall–Kier alpha value is -2.74. The van der Waals surface area contributed by atoms with Crippen molar-refractivity contribution in [2.45, 2.75) is 32.7 Å². The molecular formula is C26H24FIN5NaO4. The summed E-state index contributed by atoms with van der Waals surface area (Å²) in [5, 5.41) is 5.72. The van der Waals surface area contributed by atoms with Gasteiger partial charge in [0.2, 0.25) is 5.91 Å². The van der Waals surface area contributed by atoms with Gasteiger partial charge >= 0.3 is 35.2 Å². The molecule has 2 aromatic heterocycles. The Morgan fingerprint density at radius 1 is 1.11 bits per heavy atom. The second-order valence-electron chi connectivity index (χ2n) is 9.07. The van der Waals surface area contributed by atoms with Gasteiger partial charge in [-0.3, -0.25) is 28.1 Å². The number of amides is 1. The molecule has 192 valence electrons. The number of anilines is 3. The summed E-state index contributed by atoms with van der Waals surface area (Å²) < 4.78 is 19.3. The summed E-state index contributed by atoms with van der Waals surface area (Å²) in [7, 11) is 1.50. The van der Waals surface area contributed by atoms with Crippen LogP contribution in [0.4, 0.5) is 21.6 Å². The molecule has 0 bridgehead atoms. The Morgan fingerprint density at radius 2 is 1.82 bits per heavy atom. The van der Waals surface area contributed by atoms with E-state index in [4.69, 9.17) is 0 Å². The first-order valence-electron chi connectivity index (χ1n) is 11.6. The minimum Gasteiger partial charge on any atom is -1.00 e. The number of pyridine rings is 1. The zero-order chi connectivity index (χ0) is 26.6. The zero-order valence-corrected chi connectivity index (χ0v) is 25.4. The van der Waals surface area contributed by atoms with Crippen LogP contribution in [0.1, 0.15) is 32.8 Å². The van der Waals surface area contributed by atoms with Crippen LogP contribution in [-0.4, -0.2) is 19.6 Å². The van der Waals surface area contributed by atoms with Crippen LogP contribution in [0.2, 0.25) is 0 Å². The zero-order valence-electron chi connectivity index (χ0n) is 22.3. The van der Waals surface area contributed by atoms with Gasteiger partial charge in [0.05, 0.1) is 16.9 Å². The number of benzene rings is 2. The number of hydrogen-bond donors (Lipinski definition) is 2. The first-order valence-corrected chi connectivity index (χ1v) is 12.7. The fourth-order valence-corrected chi connectivity index (χ4v) is 4.95. The third-order valence-electron chi connectivity index (χ3n) is 6.36. The van der Waals surface area contributed by atoms with Gasteiger partial charge in [-0.15, -0.1) is 0 Å². The minimum atomic E-state index is -0.581. The van der Waals surface area contributed by atoms with Crippen LogP contribution in [0.3, 0.4) is 0 Å². The summed E-state index contributed by atoms with van der Waals surface area (Å²) in [4.78, 5) is 52.6. The molecule has 4 aromatic rings. The van der Waals surface area contributed by atoms with Crippen molar-refractivity contribution in [2.75, 3.05) is 10.6 Å². The van der Waals surface area contributed by atoms with E-state index in [-0.39, 0.29) is 70.9 Å². The number of aromatic nitrogens is 3. The molecule has 2 N–H and O–H groups in total. The van der Waals surface area contributed by atoms with Gasteiger partial charge in [0.1, 0.15) is 17.0 Å². The molecule has 0 saturated heterocycles. The predicted octanol–water partition coefficient (Wildman–Crippen LogP) is 1.06. The number of fused-ring (bicyclic) bond motifs is 1. The molecule has 5 rings (SSSR count). The van der Waals surface area contributed by atoms with Crippen molar-refractivity contribution in [3.05, 3.63) is 88.6 Å². The van der Waals surface area contributed by atoms with Crippen LogP contribution in [-0.2, 0) is 11.8 Å². The summed E-state index contributed by atoms with van der Waals surface area (Å²) in [6, 6.07) is 10.9. The second-order valence-corrected chi connectivity index (χ2v) is 10.3. The number of hydrogen-bond acceptors (Lipinski definition) is 5. The molecule has 0 aliphatic heterocycles. The molecule has 38 heavy (non-hydrogen) atoms. The molecule has 1 aliphatic rings. The van der Waals surface area contributed by atoms with E-state index in [9.17, 15) is 23.6 Å². The Bertz CT molecular complexity index is 1800. The fraction of sp³-hybridized carbons (Fsp3) is 0.231. The van der Waals surface area contributed by atoms with Crippen molar-refractivity contribution in [3.63, 3.8) is 0 Å². The summed E-state index contributed by atoms with van der Waals surface area (Å²) in [6.07, 6.45) is 1.34. The third kappa shape index (κ3) is 4.99. The van der Waals surface area contributed by atoms with Crippen LogP contribution in [0.15, 0.2) is 56.8 Å². The smallest absolute Gasteiger partial charge is 1.00 e. The van der Waals surface area contributed by atoms with Crippen LogP contribution >= 0.6 is 22.6 Å². The molecule has 0 unspecified atom stereocenters. The summed E-state index contributed by atoms with van der Waals surface area (Å²) >= 11 is 1.99. The Kier molecular flexibility index (Phi) is 8.03. The molecule has 0 atom stereocenters. The van der Waals surface area contributed by atoms with E-state index in [0.29, 0.717) is 27.8 Å². The Labute approximate surface area is 253 Å². The predicted molar refractivity (Wildman–Crippen MR) is 150 cm³/mol. The Balaban J connectivity index is 0.00000210. The van der Waals surface area contributed by atoms with Crippen LogP contribution < -0.4 is 57.0 Å². The molecule has 2 aromatic carbocycles. The van der Waals surface area contributed by atoms with E-state index in [1.807, 2.05) is 22.6 Å². The third-order valence-corrected chi connectivity index (χ3v) is 7.04. The number of aryl methyl sites for hydroxylation is 1. The fourth-order valence-electron chi connectivity index (χ4n) is 4.50. The quantitative estimate of drug-likeness (QED) is 0.251. The summed E-state index contributed by atoms with van der Waals surface area (Å²) in [6.45, 7) is 2.92. The number of carbonyl (C=O) groups is 1. The summed E-state index contributed by atoms with van der Waals surface area (Å²) in [5.41, 5.74) is -0.351. The first kappa shape index (κ1) is 28.3. The van der Waals surface area contributed by atoms with E-state index >= 15 is 0 Å². The van der Waals surface area contributed by atoms with Crippen molar-refractivity contribution < 1.29 is 40.2 Å². The maximum Gasteiger partial charge on any atom is 1.00 e. The van der Waals surface area contributed by atoms with E-state index in [2.05, 4.69) is 10.6 Å². The molecule has 1 fully saturated rings. The Morgan fingerprint density at radius 3 is 2.45 bits per heavy atom. The maximum absolute atomic E-state index is 14.8. The van der Waals surface area contributed by atoms with Gasteiger partial charge in [-0.25, -0.2) is 9.18 Å².